The summed E-state index contributed by atoms with van der Waals surface area (Å²) in [6.07, 6.45) is 1.76. The van der Waals surface area contributed by atoms with Gasteiger partial charge in [-0.2, -0.15) is 0 Å². The zero-order valence-electron chi connectivity index (χ0n) is 10.2. The number of hydrazine groups is 1. The number of rotatable bonds is 2. The van der Waals surface area contributed by atoms with Crippen LogP contribution in [0.15, 0.2) is 18.2 Å². The van der Waals surface area contributed by atoms with Crippen LogP contribution >= 0.6 is 35.4 Å². The minimum Gasteiger partial charge on any atom is -0.298 e. The van der Waals surface area contributed by atoms with E-state index < -0.39 is 5.91 Å². The SMILES string of the molecule is O=C(NC(=S)NNC(=O)C1CC1)c1ccc(Cl)cc1Cl. The lowest BCUT2D eigenvalue weighted by Crippen LogP contribution is -2.48. The second-order valence-electron chi connectivity index (χ2n) is 4.30. The quantitative estimate of drug-likeness (QED) is 0.573. The fourth-order valence-electron chi connectivity index (χ4n) is 1.44. The van der Waals surface area contributed by atoms with Crippen LogP contribution in [0.4, 0.5) is 0 Å². The van der Waals surface area contributed by atoms with Crippen molar-refractivity contribution in [1.82, 2.24) is 16.2 Å². The Morgan fingerprint density at radius 1 is 1.20 bits per heavy atom. The average Bonchev–Trinajstić information content (AvgIpc) is 3.19. The maximum absolute atomic E-state index is 11.9. The van der Waals surface area contributed by atoms with Crippen molar-refractivity contribution < 1.29 is 9.59 Å². The highest BCUT2D eigenvalue weighted by atomic mass is 35.5. The van der Waals surface area contributed by atoms with Gasteiger partial charge in [-0.05, 0) is 43.3 Å². The zero-order chi connectivity index (χ0) is 14.7. The van der Waals surface area contributed by atoms with Gasteiger partial charge in [0, 0.05) is 10.9 Å². The van der Waals surface area contributed by atoms with Crippen molar-refractivity contribution in [2.24, 2.45) is 5.92 Å². The molecule has 1 aliphatic carbocycles. The number of benzene rings is 1. The first-order valence-corrected chi connectivity index (χ1v) is 7.00. The van der Waals surface area contributed by atoms with Crippen LogP contribution in [-0.4, -0.2) is 16.9 Å². The van der Waals surface area contributed by atoms with Gasteiger partial charge in [0.15, 0.2) is 5.11 Å². The van der Waals surface area contributed by atoms with E-state index in [0.717, 1.165) is 12.8 Å². The third kappa shape index (κ3) is 4.06. The summed E-state index contributed by atoms with van der Waals surface area (Å²) in [6, 6.07) is 4.50. The van der Waals surface area contributed by atoms with E-state index in [1.54, 1.807) is 6.07 Å². The molecule has 0 spiro atoms. The van der Waals surface area contributed by atoms with Gasteiger partial charge in [-0.15, -0.1) is 0 Å². The fraction of sp³-hybridized carbons (Fsp3) is 0.250. The molecule has 1 aromatic rings. The van der Waals surface area contributed by atoms with E-state index in [1.807, 2.05) is 0 Å². The van der Waals surface area contributed by atoms with Crippen LogP contribution in [0.5, 0.6) is 0 Å². The van der Waals surface area contributed by atoms with Gasteiger partial charge in [-0.1, -0.05) is 23.2 Å². The number of carbonyl (C=O) groups is 2. The van der Waals surface area contributed by atoms with E-state index in [1.165, 1.54) is 12.1 Å². The van der Waals surface area contributed by atoms with Crippen LogP contribution < -0.4 is 16.2 Å². The molecule has 1 saturated carbocycles. The maximum Gasteiger partial charge on any atom is 0.258 e. The van der Waals surface area contributed by atoms with Crippen LogP contribution in [-0.2, 0) is 4.79 Å². The van der Waals surface area contributed by atoms with Crippen molar-refractivity contribution in [2.75, 3.05) is 0 Å². The summed E-state index contributed by atoms with van der Waals surface area (Å²) in [6.45, 7) is 0. The molecule has 1 fully saturated rings. The highest BCUT2D eigenvalue weighted by molar-refractivity contribution is 7.80. The Kier molecular flexibility index (Phi) is 4.80. The molecule has 20 heavy (non-hydrogen) atoms. The summed E-state index contributed by atoms with van der Waals surface area (Å²) in [5.74, 6) is -0.567. The number of hydrogen-bond donors (Lipinski definition) is 3. The van der Waals surface area contributed by atoms with Crippen LogP contribution in [0.1, 0.15) is 23.2 Å². The van der Waals surface area contributed by atoms with Gasteiger partial charge >= 0.3 is 0 Å². The van der Waals surface area contributed by atoms with Gasteiger partial charge in [0.25, 0.3) is 5.91 Å². The molecule has 5 nitrogen and oxygen atoms in total. The van der Waals surface area contributed by atoms with E-state index in [4.69, 9.17) is 35.4 Å². The van der Waals surface area contributed by atoms with E-state index in [9.17, 15) is 9.59 Å². The number of amides is 2. The van der Waals surface area contributed by atoms with Gasteiger partial charge < -0.3 is 0 Å². The summed E-state index contributed by atoms with van der Waals surface area (Å²) in [4.78, 5) is 23.3. The molecule has 8 heteroatoms. The largest absolute Gasteiger partial charge is 0.298 e. The third-order valence-corrected chi connectivity index (χ3v) is 3.40. The normalized spacial score (nSPS) is 13.5. The predicted octanol–water partition coefficient (Wildman–Crippen LogP) is 2.04. The minimum atomic E-state index is -0.482. The third-order valence-electron chi connectivity index (χ3n) is 2.65. The Morgan fingerprint density at radius 2 is 1.90 bits per heavy atom. The molecule has 0 saturated heterocycles. The molecule has 1 aromatic carbocycles. The molecule has 0 unspecified atom stereocenters. The monoisotopic (exact) mass is 331 g/mol. The van der Waals surface area contributed by atoms with E-state index in [2.05, 4.69) is 16.2 Å². The number of hydrogen-bond acceptors (Lipinski definition) is 3. The van der Waals surface area contributed by atoms with Crippen molar-refractivity contribution in [3.05, 3.63) is 33.8 Å². The summed E-state index contributed by atoms with van der Waals surface area (Å²) >= 11 is 16.5. The highest BCUT2D eigenvalue weighted by Crippen LogP contribution is 2.28. The van der Waals surface area contributed by atoms with Crippen molar-refractivity contribution in [2.45, 2.75) is 12.8 Å². The smallest absolute Gasteiger partial charge is 0.258 e. The van der Waals surface area contributed by atoms with Crippen molar-refractivity contribution in [1.29, 1.82) is 0 Å². The molecule has 2 rings (SSSR count). The molecule has 2 amide bonds. The molecule has 0 aliphatic heterocycles. The van der Waals surface area contributed by atoms with Crippen molar-refractivity contribution in [3.8, 4) is 0 Å². The Bertz CT molecular complexity index is 576. The van der Waals surface area contributed by atoms with Gasteiger partial charge in [-0.25, -0.2) is 0 Å². The molecular formula is C12H11Cl2N3O2S. The molecule has 0 heterocycles. The maximum atomic E-state index is 11.9. The Hall–Kier alpha value is -1.37. The molecule has 0 radical (unpaired) electrons. The lowest BCUT2D eigenvalue weighted by Gasteiger charge is -2.11. The van der Waals surface area contributed by atoms with Gasteiger partial charge in [0.2, 0.25) is 5.91 Å². The first-order valence-electron chi connectivity index (χ1n) is 5.83. The van der Waals surface area contributed by atoms with Crippen LogP contribution in [0.25, 0.3) is 0 Å². The number of carbonyl (C=O) groups excluding carboxylic acids is 2. The predicted molar refractivity (Wildman–Crippen MR) is 80.5 cm³/mol. The topological polar surface area (TPSA) is 70.2 Å². The summed E-state index contributed by atoms with van der Waals surface area (Å²) < 4.78 is 0. The summed E-state index contributed by atoms with van der Waals surface area (Å²) in [5.41, 5.74) is 5.14. The Balaban J connectivity index is 1.86. The summed E-state index contributed by atoms with van der Waals surface area (Å²) in [5, 5.41) is 3.06. The molecular weight excluding hydrogens is 321 g/mol. The molecule has 0 atom stereocenters. The standard InChI is InChI=1S/C12H11Cl2N3O2S/c13-7-3-4-8(9(14)5-7)11(19)15-12(20)17-16-10(18)6-1-2-6/h3-6H,1-2H2,(H,16,18)(H2,15,17,19,20). The second kappa shape index (κ2) is 6.39. The first-order chi connectivity index (χ1) is 9.47. The van der Waals surface area contributed by atoms with Crippen molar-refractivity contribution in [3.63, 3.8) is 0 Å². The average molecular weight is 332 g/mol. The number of nitrogens with one attached hydrogen (secondary N) is 3. The Labute approximate surface area is 131 Å². The van der Waals surface area contributed by atoms with Gasteiger partial charge in [0.1, 0.15) is 0 Å². The Morgan fingerprint density at radius 3 is 2.50 bits per heavy atom. The lowest BCUT2D eigenvalue weighted by atomic mass is 10.2. The van der Waals surface area contributed by atoms with E-state index >= 15 is 0 Å². The van der Waals surface area contributed by atoms with Gasteiger partial charge in [0.05, 0.1) is 10.6 Å². The molecule has 0 aromatic heterocycles. The zero-order valence-corrected chi connectivity index (χ0v) is 12.5. The molecule has 0 bridgehead atoms. The highest BCUT2D eigenvalue weighted by Gasteiger charge is 2.29. The van der Waals surface area contributed by atoms with Crippen LogP contribution in [0.3, 0.4) is 0 Å². The lowest BCUT2D eigenvalue weighted by molar-refractivity contribution is -0.122. The van der Waals surface area contributed by atoms with Crippen molar-refractivity contribution >= 4 is 52.3 Å². The minimum absolute atomic E-state index is 0.00461. The van der Waals surface area contributed by atoms with Crippen LogP contribution in [0, 0.1) is 5.92 Å². The van der Waals surface area contributed by atoms with Crippen LogP contribution in [0.2, 0.25) is 10.0 Å². The summed E-state index contributed by atoms with van der Waals surface area (Å²) in [7, 11) is 0. The second-order valence-corrected chi connectivity index (χ2v) is 5.55. The number of thiocarbonyl (C=S) groups is 1. The molecule has 3 N–H and O–H groups in total. The molecule has 1 aliphatic rings. The number of halogens is 2. The van der Waals surface area contributed by atoms with E-state index in [0.29, 0.717) is 5.02 Å². The van der Waals surface area contributed by atoms with Gasteiger partial charge in [-0.3, -0.25) is 25.8 Å². The molecule has 106 valence electrons. The first kappa shape index (κ1) is 15.0. The van der Waals surface area contributed by atoms with E-state index in [-0.39, 0.29) is 27.5 Å². The fourth-order valence-corrected chi connectivity index (χ4v) is 2.08.